The van der Waals surface area contributed by atoms with Gasteiger partial charge in [-0.25, -0.2) is 0 Å². The molecule has 0 atom stereocenters. The summed E-state index contributed by atoms with van der Waals surface area (Å²) in [6.45, 7) is 2.23. The Morgan fingerprint density at radius 1 is 1.42 bits per heavy atom. The maximum atomic E-state index is 11.3. The Balaban J connectivity index is 2.36. The van der Waals surface area contributed by atoms with Crippen molar-refractivity contribution < 1.29 is 4.79 Å². The number of aryl methyl sites for hydroxylation is 1. The molecule has 0 heterocycles. The monoisotopic (exact) mass is 325 g/mol. The summed E-state index contributed by atoms with van der Waals surface area (Å²) in [5, 5.41) is 0. The van der Waals surface area contributed by atoms with Crippen LogP contribution in [0.2, 0.25) is 0 Å². The highest BCUT2D eigenvalue weighted by Gasteiger charge is 2.25. The molecule has 1 fully saturated rings. The zero-order valence-electron chi connectivity index (χ0n) is 11.2. The van der Waals surface area contributed by atoms with E-state index in [-0.39, 0.29) is 12.5 Å². The van der Waals surface area contributed by atoms with Crippen LogP contribution < -0.4 is 16.4 Å². The Labute approximate surface area is 122 Å². The summed E-state index contributed by atoms with van der Waals surface area (Å²) < 4.78 is 0.920. The molecule has 1 aliphatic carbocycles. The predicted octanol–water partition coefficient (Wildman–Crippen LogP) is 2.57. The van der Waals surface area contributed by atoms with E-state index in [0.29, 0.717) is 6.04 Å². The maximum Gasteiger partial charge on any atom is 0.236 e. The van der Waals surface area contributed by atoms with Crippen LogP contribution in [0.3, 0.4) is 0 Å². The van der Waals surface area contributed by atoms with Crippen molar-refractivity contribution >= 4 is 33.2 Å². The lowest BCUT2D eigenvalue weighted by molar-refractivity contribution is -0.116. The molecule has 5 heteroatoms. The third-order valence-corrected chi connectivity index (χ3v) is 4.37. The van der Waals surface area contributed by atoms with E-state index >= 15 is 0 Å². The van der Waals surface area contributed by atoms with Crippen molar-refractivity contribution in [2.24, 2.45) is 5.73 Å². The van der Waals surface area contributed by atoms with Crippen molar-refractivity contribution in [3.63, 3.8) is 0 Å². The molecule has 2 rings (SSSR count). The van der Waals surface area contributed by atoms with E-state index in [4.69, 9.17) is 11.5 Å². The minimum Gasteiger partial charge on any atom is -0.398 e. The molecule has 0 bridgehead atoms. The van der Waals surface area contributed by atoms with E-state index in [0.717, 1.165) is 34.3 Å². The number of benzene rings is 1. The van der Waals surface area contributed by atoms with Crippen LogP contribution >= 0.6 is 15.9 Å². The van der Waals surface area contributed by atoms with Crippen LogP contribution in [0.5, 0.6) is 0 Å². The quantitative estimate of drug-likeness (QED) is 0.835. The molecule has 1 aliphatic rings. The highest BCUT2D eigenvalue weighted by molar-refractivity contribution is 9.10. The van der Waals surface area contributed by atoms with Gasteiger partial charge in [-0.05, 0) is 53.4 Å². The molecule has 1 saturated carbocycles. The lowest BCUT2D eigenvalue weighted by Crippen LogP contribution is -2.40. The Morgan fingerprint density at radius 3 is 2.63 bits per heavy atom. The van der Waals surface area contributed by atoms with E-state index in [9.17, 15) is 4.79 Å². The van der Waals surface area contributed by atoms with Gasteiger partial charge in [-0.3, -0.25) is 4.79 Å². The Hall–Kier alpha value is -1.23. The maximum absolute atomic E-state index is 11.3. The molecule has 0 aliphatic heterocycles. The number of nitrogens with zero attached hydrogens (tertiary/aromatic N) is 1. The number of rotatable bonds is 4. The topological polar surface area (TPSA) is 72.3 Å². The van der Waals surface area contributed by atoms with Crippen molar-refractivity contribution in [3.05, 3.63) is 22.2 Å². The summed E-state index contributed by atoms with van der Waals surface area (Å²) in [7, 11) is 0. The van der Waals surface area contributed by atoms with Crippen LogP contribution in [0.1, 0.15) is 31.2 Å². The van der Waals surface area contributed by atoms with Crippen LogP contribution in [-0.2, 0) is 4.79 Å². The van der Waals surface area contributed by atoms with Gasteiger partial charge in [0.05, 0.1) is 12.2 Å². The highest BCUT2D eigenvalue weighted by atomic mass is 79.9. The van der Waals surface area contributed by atoms with Crippen molar-refractivity contribution in [1.29, 1.82) is 0 Å². The van der Waals surface area contributed by atoms with Gasteiger partial charge < -0.3 is 16.4 Å². The lowest BCUT2D eigenvalue weighted by Gasteiger charge is -2.31. The number of primary amides is 1. The van der Waals surface area contributed by atoms with Gasteiger partial charge in [0.15, 0.2) is 0 Å². The Morgan fingerprint density at radius 2 is 2.05 bits per heavy atom. The number of hydrogen-bond acceptors (Lipinski definition) is 3. The Bertz CT molecular complexity index is 484. The summed E-state index contributed by atoms with van der Waals surface area (Å²) in [6.07, 6.45) is 4.66. The molecule has 19 heavy (non-hydrogen) atoms. The molecule has 1 aromatic carbocycles. The van der Waals surface area contributed by atoms with E-state index < -0.39 is 0 Å². The molecule has 0 spiro atoms. The first kappa shape index (κ1) is 14.2. The second kappa shape index (κ2) is 5.82. The van der Waals surface area contributed by atoms with Gasteiger partial charge in [-0.2, -0.15) is 0 Å². The number of nitrogens with two attached hydrogens (primary N) is 2. The number of hydrogen-bond donors (Lipinski definition) is 2. The number of carbonyl (C=O) groups excluding carboxylic acids is 1. The molecule has 0 radical (unpaired) electrons. The van der Waals surface area contributed by atoms with Gasteiger partial charge in [0, 0.05) is 16.2 Å². The molecule has 1 aromatic rings. The van der Waals surface area contributed by atoms with Crippen LogP contribution in [0.4, 0.5) is 11.4 Å². The fourth-order valence-corrected chi connectivity index (χ4v) is 3.29. The van der Waals surface area contributed by atoms with Gasteiger partial charge in [-0.1, -0.05) is 12.8 Å². The third kappa shape index (κ3) is 3.21. The average molecular weight is 326 g/mol. The molecular formula is C14H20BrN3O. The highest BCUT2D eigenvalue weighted by Crippen LogP contribution is 2.35. The molecule has 1 amide bonds. The summed E-state index contributed by atoms with van der Waals surface area (Å²) in [5.74, 6) is -0.298. The van der Waals surface area contributed by atoms with Crippen molar-refractivity contribution in [2.75, 3.05) is 17.2 Å². The minimum absolute atomic E-state index is 0.257. The van der Waals surface area contributed by atoms with E-state index in [1.807, 2.05) is 19.1 Å². The third-order valence-electron chi connectivity index (χ3n) is 3.74. The normalized spacial score (nSPS) is 15.7. The SMILES string of the molecule is Cc1cc(N(CC(N)=O)C2CCCC2)c(Br)cc1N. The smallest absolute Gasteiger partial charge is 0.236 e. The van der Waals surface area contributed by atoms with E-state index in [1.54, 1.807) is 0 Å². The fourth-order valence-electron chi connectivity index (χ4n) is 2.70. The molecule has 4 nitrogen and oxygen atoms in total. The van der Waals surface area contributed by atoms with Gasteiger partial charge >= 0.3 is 0 Å². The number of halogens is 1. The zero-order chi connectivity index (χ0) is 14.0. The molecule has 0 aromatic heterocycles. The molecule has 0 unspecified atom stereocenters. The number of amides is 1. The van der Waals surface area contributed by atoms with E-state index in [1.165, 1.54) is 12.8 Å². The molecule has 0 saturated heterocycles. The first-order valence-electron chi connectivity index (χ1n) is 6.59. The van der Waals surface area contributed by atoms with E-state index in [2.05, 4.69) is 20.8 Å². The van der Waals surface area contributed by atoms with Gasteiger partial charge in [0.25, 0.3) is 0 Å². The van der Waals surface area contributed by atoms with Gasteiger partial charge in [0.2, 0.25) is 5.91 Å². The standard InChI is InChI=1S/C14H20BrN3O/c1-9-6-13(11(15)7-12(9)16)18(8-14(17)19)10-4-2-3-5-10/h6-7,10H,2-5,8,16H2,1H3,(H2,17,19). The number of nitrogen functional groups attached to an aromatic ring is 1. The predicted molar refractivity (Wildman–Crippen MR) is 82.1 cm³/mol. The number of carbonyl (C=O) groups is 1. The van der Waals surface area contributed by atoms with Crippen LogP contribution in [0, 0.1) is 6.92 Å². The van der Waals surface area contributed by atoms with Crippen molar-refractivity contribution in [2.45, 2.75) is 38.6 Å². The molecule has 4 N–H and O–H groups in total. The summed E-state index contributed by atoms with van der Waals surface area (Å²) in [4.78, 5) is 13.5. The molecular weight excluding hydrogens is 306 g/mol. The first-order valence-corrected chi connectivity index (χ1v) is 7.39. The number of anilines is 2. The molecule has 104 valence electrons. The average Bonchev–Trinajstić information content (AvgIpc) is 2.84. The van der Waals surface area contributed by atoms with Gasteiger partial charge in [0.1, 0.15) is 0 Å². The summed E-state index contributed by atoms with van der Waals surface area (Å²) >= 11 is 3.55. The van der Waals surface area contributed by atoms with Crippen LogP contribution in [0.25, 0.3) is 0 Å². The van der Waals surface area contributed by atoms with Crippen LogP contribution in [0.15, 0.2) is 16.6 Å². The fraction of sp³-hybridized carbons (Fsp3) is 0.500. The minimum atomic E-state index is -0.298. The second-order valence-corrected chi connectivity index (χ2v) is 6.05. The van der Waals surface area contributed by atoms with Crippen molar-refractivity contribution in [3.8, 4) is 0 Å². The lowest BCUT2D eigenvalue weighted by atomic mass is 10.1. The van der Waals surface area contributed by atoms with Crippen LogP contribution in [-0.4, -0.2) is 18.5 Å². The van der Waals surface area contributed by atoms with Gasteiger partial charge in [-0.15, -0.1) is 0 Å². The summed E-state index contributed by atoms with van der Waals surface area (Å²) in [5.41, 5.74) is 14.1. The summed E-state index contributed by atoms with van der Waals surface area (Å²) in [6, 6.07) is 4.32. The zero-order valence-corrected chi connectivity index (χ0v) is 12.7. The second-order valence-electron chi connectivity index (χ2n) is 5.19. The largest absolute Gasteiger partial charge is 0.398 e. The van der Waals surface area contributed by atoms with Crippen molar-refractivity contribution in [1.82, 2.24) is 0 Å². The Kier molecular flexibility index (Phi) is 4.34. The first-order chi connectivity index (χ1) is 8.99.